The van der Waals surface area contributed by atoms with E-state index in [1.807, 2.05) is 0 Å². The van der Waals surface area contributed by atoms with Gasteiger partial charge in [0.25, 0.3) is 0 Å². The quantitative estimate of drug-likeness (QED) is 0.0850. The number of benzene rings is 1. The Morgan fingerprint density at radius 2 is 1.69 bits per heavy atom. The van der Waals surface area contributed by atoms with Crippen LogP contribution in [0.3, 0.4) is 0 Å². The van der Waals surface area contributed by atoms with Crippen LogP contribution >= 0.6 is 0 Å². The summed E-state index contributed by atoms with van der Waals surface area (Å²) in [5.74, 6) is -0.855. The van der Waals surface area contributed by atoms with Crippen molar-refractivity contribution in [2.45, 2.75) is 64.3 Å². The van der Waals surface area contributed by atoms with E-state index in [1.54, 1.807) is 32.1 Å². The molecule has 2 atom stereocenters. The number of hydrogen-bond acceptors (Lipinski definition) is 5. The number of guanidine groups is 1. The van der Waals surface area contributed by atoms with Crippen LogP contribution in [-0.2, 0) is 26.6 Å². The van der Waals surface area contributed by atoms with Gasteiger partial charge >= 0.3 is 24.4 Å². The second-order valence-corrected chi connectivity index (χ2v) is 11.1. The lowest BCUT2D eigenvalue weighted by molar-refractivity contribution is -0.143. The van der Waals surface area contributed by atoms with E-state index in [9.17, 15) is 40.3 Å². The number of rotatable bonds is 11. The number of aliphatic carboxylic acids is 1. The predicted molar refractivity (Wildman–Crippen MR) is 163 cm³/mol. The normalized spacial score (nSPS) is 20.6. The van der Waals surface area contributed by atoms with E-state index in [0.717, 1.165) is 10.5 Å². The van der Waals surface area contributed by atoms with Crippen LogP contribution < -0.4 is 0 Å². The van der Waals surface area contributed by atoms with Crippen LogP contribution in [0.5, 0.6) is 0 Å². The highest BCUT2D eigenvalue weighted by Crippen LogP contribution is 2.40. The first kappa shape index (κ1) is 37.8. The van der Waals surface area contributed by atoms with Crippen LogP contribution in [0.15, 0.2) is 75.6 Å². The molecule has 9 nitrogen and oxygen atoms in total. The summed E-state index contributed by atoms with van der Waals surface area (Å²) in [4.78, 5) is 35.0. The molecule has 0 aromatic heterocycles. The van der Waals surface area contributed by atoms with E-state index < -0.39 is 59.4 Å². The van der Waals surface area contributed by atoms with Crippen molar-refractivity contribution in [3.8, 4) is 0 Å². The first-order valence-corrected chi connectivity index (χ1v) is 14.6. The number of aliphatic imine (C=N–C) groups is 2. The monoisotopic (exact) mass is 688 g/mol. The number of hydrogen-bond donors (Lipinski definition) is 1. The van der Waals surface area contributed by atoms with Crippen molar-refractivity contribution < 1.29 is 54.9 Å². The minimum Gasteiger partial charge on any atom is -0.504 e. The van der Waals surface area contributed by atoms with Gasteiger partial charge in [-0.15, -0.1) is 0 Å². The Balaban J connectivity index is 1.82. The van der Waals surface area contributed by atoms with Gasteiger partial charge in [0.2, 0.25) is 5.96 Å². The number of nitrogens with zero attached hydrogens (tertiary/aromatic N) is 4. The molecule has 0 aliphatic carbocycles. The van der Waals surface area contributed by atoms with Crippen molar-refractivity contribution in [3.05, 3.63) is 82.3 Å². The van der Waals surface area contributed by atoms with Crippen LogP contribution in [-0.4, -0.2) is 78.1 Å². The lowest BCUT2D eigenvalue weighted by atomic mass is 9.97. The van der Waals surface area contributed by atoms with Crippen molar-refractivity contribution >= 4 is 24.2 Å². The second-order valence-electron chi connectivity index (χ2n) is 11.1. The van der Waals surface area contributed by atoms with E-state index in [4.69, 9.17) is 14.6 Å². The summed E-state index contributed by atoms with van der Waals surface area (Å²) in [5.41, 5.74) is -1.38. The summed E-state index contributed by atoms with van der Waals surface area (Å²) in [6.07, 6.45) is -4.17. The molecule has 16 heteroatoms. The molecule has 0 spiro atoms. The van der Waals surface area contributed by atoms with Crippen molar-refractivity contribution in [1.82, 2.24) is 9.80 Å². The van der Waals surface area contributed by atoms with Crippen molar-refractivity contribution in [1.29, 1.82) is 0 Å². The largest absolute Gasteiger partial charge is 0.504 e. The molecule has 48 heavy (non-hydrogen) atoms. The summed E-state index contributed by atoms with van der Waals surface area (Å²) in [7, 11) is 1.47. The zero-order chi connectivity index (χ0) is 35.8. The molecule has 2 saturated heterocycles. The fourth-order valence-electron chi connectivity index (χ4n) is 4.67. The van der Waals surface area contributed by atoms with Gasteiger partial charge in [0, 0.05) is 18.8 Å². The van der Waals surface area contributed by atoms with E-state index in [2.05, 4.69) is 9.98 Å². The number of carbonyl (C=O) groups is 2. The average Bonchev–Trinajstić information content (AvgIpc) is 3.27. The third-order valence-electron chi connectivity index (χ3n) is 7.49. The minimum absolute atomic E-state index is 0.00307. The number of allylic oxidation sites excluding steroid dienone is 6. The Labute approximate surface area is 272 Å². The number of cyclic esters (lactones) is 1. The first-order valence-electron chi connectivity index (χ1n) is 14.6. The zero-order valence-corrected chi connectivity index (χ0v) is 26.5. The zero-order valence-electron chi connectivity index (χ0n) is 26.5. The van der Waals surface area contributed by atoms with E-state index >= 15 is 0 Å². The van der Waals surface area contributed by atoms with Gasteiger partial charge in [0.15, 0.2) is 0 Å². The first-order chi connectivity index (χ1) is 22.4. The highest BCUT2D eigenvalue weighted by molar-refractivity contribution is 5.90. The number of carboxylic acids is 1. The maximum Gasteiger partial charge on any atom is 0.416 e. The molecule has 2 aliphatic heterocycles. The lowest BCUT2D eigenvalue weighted by Gasteiger charge is -2.34. The number of carbonyl (C=O) groups excluding carboxylic acids is 1. The van der Waals surface area contributed by atoms with Crippen LogP contribution in [0.1, 0.15) is 56.4 Å². The molecule has 0 bridgehead atoms. The molecule has 0 radical (unpaired) electrons. The molecular formula is C32H35F7N4O5. The molecule has 3 rings (SSSR count). The summed E-state index contributed by atoms with van der Waals surface area (Å²) in [5, 5.41) is 9.06. The van der Waals surface area contributed by atoms with Gasteiger partial charge in [-0.3, -0.25) is 9.69 Å². The number of likely N-dealkylation sites (tertiary alicyclic amines) is 1. The topological polar surface area (TPSA) is 104 Å². The van der Waals surface area contributed by atoms with Crippen LogP contribution in [0, 0.1) is 0 Å². The summed E-state index contributed by atoms with van der Waals surface area (Å²) >= 11 is 0. The SMILES string of the molecule is CO/C=C/C=C(\C=C(C)\C(C)=C\N=C(\N=C\CN1C(=O)OC(c2cc(C(F)(F)F)cc(C(F)(F)F)c2)C1C)N1CC(F)C1)CCC(=O)O. The van der Waals surface area contributed by atoms with Crippen LogP contribution in [0.25, 0.3) is 0 Å². The number of carboxylic acid groups (broad SMARTS) is 1. The van der Waals surface area contributed by atoms with Gasteiger partial charge in [0.1, 0.15) is 12.3 Å². The molecule has 1 aromatic carbocycles. The molecule has 2 heterocycles. The Kier molecular flexibility index (Phi) is 12.6. The maximum atomic E-state index is 13.7. The minimum atomic E-state index is -5.07. The summed E-state index contributed by atoms with van der Waals surface area (Å²) in [6.45, 7) is 4.74. The molecule has 2 unspecified atom stereocenters. The Morgan fingerprint density at radius 3 is 2.23 bits per heavy atom. The second kappa shape index (κ2) is 16.0. The molecule has 1 aromatic rings. The lowest BCUT2D eigenvalue weighted by Crippen LogP contribution is -2.51. The van der Waals surface area contributed by atoms with Crippen LogP contribution in [0.2, 0.25) is 0 Å². The molecular weight excluding hydrogens is 653 g/mol. The third-order valence-corrected chi connectivity index (χ3v) is 7.49. The van der Waals surface area contributed by atoms with Crippen molar-refractivity contribution in [3.63, 3.8) is 0 Å². The fourth-order valence-corrected chi connectivity index (χ4v) is 4.67. The number of ether oxygens (including phenoxy) is 2. The van der Waals surface area contributed by atoms with E-state index in [0.29, 0.717) is 23.3 Å². The summed E-state index contributed by atoms with van der Waals surface area (Å²) in [6, 6.07) is 0.0764. The van der Waals surface area contributed by atoms with E-state index in [1.165, 1.54) is 37.6 Å². The molecule has 1 N–H and O–H groups in total. The summed E-state index contributed by atoms with van der Waals surface area (Å²) < 4.78 is 104. The molecule has 2 fully saturated rings. The third kappa shape index (κ3) is 10.4. The van der Waals surface area contributed by atoms with Crippen molar-refractivity contribution in [2.24, 2.45) is 9.98 Å². The van der Waals surface area contributed by atoms with Gasteiger partial charge in [0.05, 0.1) is 50.2 Å². The standard InChI is InChI=1S/C32H35F7N4O5/c1-19(12-22(6-5-11-47-4)7-8-27(44)45)20(2)16-41-29(42-17-26(33)18-42)40-9-10-43-21(3)28(48-30(43)46)23-13-24(31(34,35)36)15-25(14-23)32(37,38)39/h5-6,9,11-16,21,26,28H,7-8,10,17-18H2,1-4H3,(H,44,45)/b11-5+,19-12+,20-16+,22-6-,40-9+,41-29-. The number of methoxy groups -OCH3 is 1. The number of amides is 1. The molecule has 1 amide bonds. The number of halogens is 7. The highest BCUT2D eigenvalue weighted by Gasteiger charge is 2.43. The highest BCUT2D eigenvalue weighted by atomic mass is 19.4. The van der Waals surface area contributed by atoms with Crippen molar-refractivity contribution in [2.75, 3.05) is 26.7 Å². The fraction of sp³-hybridized carbons (Fsp3) is 0.438. The van der Waals surface area contributed by atoms with Gasteiger partial charge < -0.3 is 19.5 Å². The average molecular weight is 689 g/mol. The molecule has 2 aliphatic rings. The number of alkyl halides is 7. The van der Waals surface area contributed by atoms with Gasteiger partial charge in [-0.05, 0) is 73.7 Å². The van der Waals surface area contributed by atoms with Crippen LogP contribution in [0.4, 0.5) is 35.5 Å². The Hall–Kier alpha value is -4.63. The molecule has 0 saturated carbocycles. The maximum absolute atomic E-state index is 13.7. The van der Waals surface area contributed by atoms with Gasteiger partial charge in [-0.2, -0.15) is 26.3 Å². The van der Waals surface area contributed by atoms with Gasteiger partial charge in [-0.25, -0.2) is 19.2 Å². The van der Waals surface area contributed by atoms with Gasteiger partial charge in [-0.1, -0.05) is 12.2 Å². The Bertz CT molecular complexity index is 1490. The smallest absolute Gasteiger partial charge is 0.416 e. The Morgan fingerprint density at radius 1 is 1.06 bits per heavy atom. The molecule has 262 valence electrons. The predicted octanol–water partition coefficient (Wildman–Crippen LogP) is 7.49. The van der Waals surface area contributed by atoms with E-state index in [-0.39, 0.29) is 44.5 Å².